The molecule has 1 fully saturated rings. The second-order valence-electron chi connectivity index (χ2n) is 7.25. The van der Waals surface area contributed by atoms with Gasteiger partial charge in [0.1, 0.15) is 0 Å². The molecule has 1 saturated carbocycles. The van der Waals surface area contributed by atoms with Gasteiger partial charge in [-0.15, -0.1) is 0 Å². The highest BCUT2D eigenvalue weighted by atomic mass is 15.2. The van der Waals surface area contributed by atoms with Crippen LogP contribution in [0.1, 0.15) is 39.3 Å². The normalized spacial score (nSPS) is 29.0. The van der Waals surface area contributed by atoms with Crippen LogP contribution in [0.3, 0.4) is 0 Å². The van der Waals surface area contributed by atoms with Crippen molar-refractivity contribution >= 4 is 0 Å². The minimum Gasteiger partial charge on any atom is -0.329 e. The molecule has 0 spiro atoms. The zero-order valence-electron chi connectivity index (χ0n) is 13.4. The van der Waals surface area contributed by atoms with E-state index in [9.17, 15) is 0 Å². The fourth-order valence-corrected chi connectivity index (χ4v) is 4.09. The van der Waals surface area contributed by atoms with Gasteiger partial charge in [-0.25, -0.2) is 0 Å². The number of hydrogen-bond acceptors (Lipinski definition) is 3. The van der Waals surface area contributed by atoms with Gasteiger partial charge in [0.15, 0.2) is 0 Å². The fourth-order valence-electron chi connectivity index (χ4n) is 4.09. The largest absolute Gasteiger partial charge is 0.329 e. The van der Waals surface area contributed by atoms with E-state index in [0.717, 1.165) is 25.2 Å². The van der Waals surface area contributed by atoms with Gasteiger partial charge in [-0.2, -0.15) is 0 Å². The Labute approximate surface area is 123 Å². The summed E-state index contributed by atoms with van der Waals surface area (Å²) in [5.41, 5.74) is 7.91. The molecule has 0 amide bonds. The van der Waals surface area contributed by atoms with Gasteiger partial charge in [0.25, 0.3) is 0 Å². The quantitative estimate of drug-likeness (QED) is 0.898. The Balaban J connectivity index is 2.04. The van der Waals surface area contributed by atoms with Crippen LogP contribution in [0.15, 0.2) is 24.4 Å². The molecule has 2 unspecified atom stereocenters. The fraction of sp³-hybridized carbons (Fsp3) is 0.706. The van der Waals surface area contributed by atoms with Crippen molar-refractivity contribution < 1.29 is 0 Å². The summed E-state index contributed by atoms with van der Waals surface area (Å²) < 4.78 is 0. The highest BCUT2D eigenvalue weighted by Gasteiger charge is 2.49. The maximum atomic E-state index is 6.19. The van der Waals surface area contributed by atoms with Crippen LogP contribution < -0.4 is 5.73 Å². The molecule has 0 aromatic carbocycles. The first-order valence-corrected chi connectivity index (χ1v) is 7.71. The summed E-state index contributed by atoms with van der Waals surface area (Å²) in [6.07, 6.45) is 5.32. The Bertz CT molecular complexity index is 429. The van der Waals surface area contributed by atoms with Gasteiger partial charge < -0.3 is 5.73 Å². The van der Waals surface area contributed by atoms with Crippen molar-refractivity contribution in [2.75, 3.05) is 20.1 Å². The lowest BCUT2D eigenvalue weighted by Crippen LogP contribution is -2.54. The Hall–Kier alpha value is -0.930. The molecule has 1 heterocycles. The number of rotatable bonds is 5. The zero-order chi connectivity index (χ0) is 14.8. The monoisotopic (exact) mass is 275 g/mol. The number of nitrogens with two attached hydrogens (primary N) is 1. The van der Waals surface area contributed by atoms with E-state index in [1.165, 1.54) is 12.8 Å². The van der Waals surface area contributed by atoms with E-state index < -0.39 is 0 Å². The maximum Gasteiger partial charge on any atom is 0.0416 e. The third-order valence-corrected chi connectivity index (χ3v) is 5.10. The van der Waals surface area contributed by atoms with E-state index in [1.54, 1.807) is 0 Å². The summed E-state index contributed by atoms with van der Waals surface area (Å²) in [4.78, 5) is 6.90. The van der Waals surface area contributed by atoms with Crippen molar-refractivity contribution in [2.45, 2.75) is 45.6 Å². The van der Waals surface area contributed by atoms with Crippen LogP contribution in [0.4, 0.5) is 0 Å². The van der Waals surface area contributed by atoms with Gasteiger partial charge in [-0.05, 0) is 43.4 Å². The van der Waals surface area contributed by atoms with Crippen molar-refractivity contribution in [2.24, 2.45) is 17.1 Å². The first-order chi connectivity index (χ1) is 9.39. The Morgan fingerprint density at radius 3 is 2.65 bits per heavy atom. The maximum absolute atomic E-state index is 6.19. The van der Waals surface area contributed by atoms with E-state index in [-0.39, 0.29) is 5.54 Å². The van der Waals surface area contributed by atoms with Crippen LogP contribution in [0.25, 0.3) is 0 Å². The molecule has 112 valence electrons. The van der Waals surface area contributed by atoms with Crippen LogP contribution in [0.5, 0.6) is 0 Å². The highest BCUT2D eigenvalue weighted by molar-refractivity contribution is 5.07. The van der Waals surface area contributed by atoms with Crippen molar-refractivity contribution in [1.82, 2.24) is 9.88 Å². The Morgan fingerprint density at radius 2 is 2.15 bits per heavy atom. The van der Waals surface area contributed by atoms with Gasteiger partial charge in [0.05, 0.1) is 0 Å². The smallest absolute Gasteiger partial charge is 0.0416 e. The molecule has 1 aromatic rings. The summed E-state index contributed by atoms with van der Waals surface area (Å²) in [7, 11) is 2.23. The van der Waals surface area contributed by atoms with Crippen LogP contribution in [-0.2, 0) is 6.42 Å². The number of hydrogen-bond donors (Lipinski definition) is 1. The van der Waals surface area contributed by atoms with E-state index in [0.29, 0.717) is 11.3 Å². The number of nitrogens with zero attached hydrogens (tertiary/aromatic N) is 2. The molecule has 0 aliphatic heterocycles. The summed E-state index contributed by atoms with van der Waals surface area (Å²) in [6, 6.07) is 6.13. The average molecular weight is 275 g/mol. The van der Waals surface area contributed by atoms with Crippen LogP contribution >= 0.6 is 0 Å². The second kappa shape index (κ2) is 5.82. The Morgan fingerprint density at radius 1 is 1.40 bits per heavy atom. The first-order valence-electron chi connectivity index (χ1n) is 7.71. The number of likely N-dealkylation sites (N-methyl/N-ethyl adjacent to an activating group) is 1. The predicted octanol–water partition coefficient (Wildman–Crippen LogP) is 2.71. The summed E-state index contributed by atoms with van der Waals surface area (Å²) in [5, 5.41) is 0. The topological polar surface area (TPSA) is 42.1 Å². The van der Waals surface area contributed by atoms with E-state index in [1.807, 2.05) is 12.3 Å². The van der Waals surface area contributed by atoms with Crippen LogP contribution in [0.2, 0.25) is 0 Å². The minimum absolute atomic E-state index is 0.151. The molecule has 2 N–H and O–H groups in total. The van der Waals surface area contributed by atoms with E-state index >= 15 is 0 Å². The van der Waals surface area contributed by atoms with Crippen molar-refractivity contribution in [3.05, 3.63) is 30.1 Å². The third-order valence-electron chi connectivity index (χ3n) is 5.10. The molecular weight excluding hydrogens is 246 g/mol. The lowest BCUT2D eigenvalue weighted by atomic mass is 9.85. The molecule has 1 aliphatic rings. The number of aromatic nitrogens is 1. The average Bonchev–Trinajstić information content (AvgIpc) is 2.67. The highest BCUT2D eigenvalue weighted by Crippen LogP contribution is 2.49. The molecule has 1 aliphatic carbocycles. The molecule has 0 radical (unpaired) electrons. The lowest BCUT2D eigenvalue weighted by molar-refractivity contribution is 0.0867. The second-order valence-corrected chi connectivity index (χ2v) is 7.25. The van der Waals surface area contributed by atoms with Crippen LogP contribution in [-0.4, -0.2) is 35.6 Å². The molecule has 2 rings (SSSR count). The first kappa shape index (κ1) is 15.5. The summed E-state index contributed by atoms with van der Waals surface area (Å²) >= 11 is 0. The van der Waals surface area contributed by atoms with Gasteiger partial charge in [-0.3, -0.25) is 9.88 Å². The molecule has 0 saturated heterocycles. The molecule has 3 heteroatoms. The Kier molecular flexibility index (Phi) is 4.50. The third kappa shape index (κ3) is 3.04. The summed E-state index contributed by atoms with van der Waals surface area (Å²) in [5.74, 6) is 0.649. The van der Waals surface area contributed by atoms with Gasteiger partial charge in [-0.1, -0.05) is 26.8 Å². The van der Waals surface area contributed by atoms with Gasteiger partial charge >= 0.3 is 0 Å². The predicted molar refractivity (Wildman–Crippen MR) is 84.5 cm³/mol. The molecule has 3 nitrogen and oxygen atoms in total. The summed E-state index contributed by atoms with van der Waals surface area (Å²) in [6.45, 7) is 8.87. The van der Waals surface area contributed by atoms with Crippen LogP contribution in [0, 0.1) is 11.3 Å². The molecular formula is C17H29N3. The van der Waals surface area contributed by atoms with Gasteiger partial charge in [0, 0.05) is 36.9 Å². The molecule has 20 heavy (non-hydrogen) atoms. The molecule has 1 aromatic heterocycles. The van der Waals surface area contributed by atoms with E-state index in [4.69, 9.17) is 5.73 Å². The van der Waals surface area contributed by atoms with Crippen molar-refractivity contribution in [3.8, 4) is 0 Å². The lowest BCUT2D eigenvalue weighted by Gasteiger charge is -2.42. The van der Waals surface area contributed by atoms with Gasteiger partial charge in [0.2, 0.25) is 0 Å². The minimum atomic E-state index is 0.151. The molecule has 2 atom stereocenters. The van der Waals surface area contributed by atoms with E-state index in [2.05, 4.69) is 49.8 Å². The SMILES string of the molecule is CC1CC(C)(C)CC1(CN)N(C)CCc1ccccn1. The standard InChI is InChI=1S/C17H29N3/c1-14-11-16(2,3)12-17(14,13-18)20(4)10-8-15-7-5-6-9-19-15/h5-7,9,14H,8,10-13,18H2,1-4H3. The molecule has 0 bridgehead atoms. The zero-order valence-corrected chi connectivity index (χ0v) is 13.4. The number of pyridine rings is 1. The van der Waals surface area contributed by atoms with Crippen molar-refractivity contribution in [1.29, 1.82) is 0 Å². The van der Waals surface area contributed by atoms with Crippen molar-refractivity contribution in [3.63, 3.8) is 0 Å².